The number of hydrogen-bond acceptors (Lipinski definition) is 4. The van der Waals surface area contributed by atoms with Gasteiger partial charge in [-0.3, -0.25) is 0 Å². The summed E-state index contributed by atoms with van der Waals surface area (Å²) in [4.78, 5) is 0. The predicted molar refractivity (Wildman–Crippen MR) is 59.5 cm³/mol. The zero-order valence-corrected chi connectivity index (χ0v) is 9.76. The average Bonchev–Trinajstić information content (AvgIpc) is 2.20. The van der Waals surface area contributed by atoms with Crippen molar-refractivity contribution in [3.63, 3.8) is 0 Å². The number of sulfone groups is 1. The van der Waals surface area contributed by atoms with E-state index in [-0.39, 0.29) is 23.6 Å². The number of rotatable bonds is 5. The Morgan fingerprint density at radius 2 is 2.12 bits per heavy atom. The lowest BCUT2D eigenvalue weighted by atomic mass is 10.2. The van der Waals surface area contributed by atoms with Crippen LogP contribution in [0, 0.1) is 5.82 Å². The van der Waals surface area contributed by atoms with Gasteiger partial charge >= 0.3 is 0 Å². The van der Waals surface area contributed by atoms with Crippen LogP contribution in [-0.2, 0) is 15.6 Å². The largest absolute Gasteiger partial charge is 0.497 e. The molecule has 2 N–H and O–H groups in total. The molecule has 1 rings (SSSR count). The van der Waals surface area contributed by atoms with Crippen LogP contribution in [0.3, 0.4) is 0 Å². The first-order valence-electron chi connectivity index (χ1n) is 4.71. The number of hydrogen-bond donors (Lipinski definition) is 1. The summed E-state index contributed by atoms with van der Waals surface area (Å²) in [6.45, 7) is 0.0418. The molecule has 0 heterocycles. The maximum absolute atomic E-state index is 13.4. The van der Waals surface area contributed by atoms with Gasteiger partial charge in [0, 0.05) is 18.2 Å². The molecule has 0 saturated carbocycles. The molecule has 0 spiro atoms. The lowest BCUT2D eigenvalue weighted by Gasteiger charge is -2.06. The van der Waals surface area contributed by atoms with Crippen molar-refractivity contribution in [2.24, 2.45) is 5.73 Å². The Morgan fingerprint density at radius 1 is 1.44 bits per heavy atom. The molecule has 0 radical (unpaired) electrons. The molecule has 0 aromatic heterocycles. The Morgan fingerprint density at radius 3 is 2.62 bits per heavy atom. The van der Waals surface area contributed by atoms with Crippen LogP contribution in [0.1, 0.15) is 5.56 Å². The van der Waals surface area contributed by atoms with Gasteiger partial charge in [0.05, 0.1) is 18.6 Å². The maximum atomic E-state index is 13.4. The first-order valence-corrected chi connectivity index (χ1v) is 6.53. The molecule has 0 aliphatic rings. The van der Waals surface area contributed by atoms with Crippen LogP contribution in [0.15, 0.2) is 18.2 Å². The Bertz CT molecular complexity index is 459. The van der Waals surface area contributed by atoms with Crippen LogP contribution >= 0.6 is 0 Å². The minimum absolute atomic E-state index is 0.0418. The van der Waals surface area contributed by atoms with E-state index in [0.717, 1.165) is 6.07 Å². The summed E-state index contributed by atoms with van der Waals surface area (Å²) in [5.74, 6) is -0.698. The average molecular weight is 247 g/mol. The normalized spacial score (nSPS) is 11.4. The highest BCUT2D eigenvalue weighted by Gasteiger charge is 2.14. The zero-order valence-electron chi connectivity index (χ0n) is 8.94. The van der Waals surface area contributed by atoms with Gasteiger partial charge in [0.15, 0.2) is 9.84 Å². The van der Waals surface area contributed by atoms with E-state index in [9.17, 15) is 12.8 Å². The summed E-state index contributed by atoms with van der Waals surface area (Å²) < 4.78 is 41.1. The smallest absolute Gasteiger partial charge is 0.155 e. The van der Waals surface area contributed by atoms with Crippen LogP contribution < -0.4 is 10.5 Å². The quantitative estimate of drug-likeness (QED) is 0.832. The van der Waals surface area contributed by atoms with Gasteiger partial charge in [0.1, 0.15) is 11.6 Å². The van der Waals surface area contributed by atoms with Gasteiger partial charge in [-0.2, -0.15) is 0 Å². The fraction of sp³-hybridized carbons (Fsp3) is 0.400. The summed E-state index contributed by atoms with van der Waals surface area (Å²) in [5.41, 5.74) is 5.29. The molecule has 6 heteroatoms. The Balaban J connectivity index is 2.90. The van der Waals surface area contributed by atoms with E-state index in [0.29, 0.717) is 5.75 Å². The molecule has 0 unspecified atom stereocenters. The summed E-state index contributed by atoms with van der Waals surface area (Å²) in [7, 11) is -1.92. The highest BCUT2D eigenvalue weighted by atomic mass is 32.2. The van der Waals surface area contributed by atoms with Crippen LogP contribution in [0.5, 0.6) is 5.75 Å². The third-order valence-electron chi connectivity index (χ3n) is 2.06. The van der Waals surface area contributed by atoms with Gasteiger partial charge in [0.25, 0.3) is 0 Å². The molecule has 0 bridgehead atoms. The van der Waals surface area contributed by atoms with Crippen molar-refractivity contribution in [3.05, 3.63) is 29.6 Å². The molecule has 4 nitrogen and oxygen atoms in total. The van der Waals surface area contributed by atoms with Gasteiger partial charge in [-0.15, -0.1) is 0 Å². The van der Waals surface area contributed by atoms with Gasteiger partial charge < -0.3 is 10.5 Å². The van der Waals surface area contributed by atoms with Gasteiger partial charge in [0.2, 0.25) is 0 Å². The zero-order chi connectivity index (χ0) is 12.2. The molecule has 0 aliphatic heterocycles. The topological polar surface area (TPSA) is 69.4 Å². The van der Waals surface area contributed by atoms with Crippen molar-refractivity contribution in [1.29, 1.82) is 0 Å². The van der Waals surface area contributed by atoms with E-state index in [4.69, 9.17) is 10.5 Å². The van der Waals surface area contributed by atoms with Gasteiger partial charge in [-0.1, -0.05) is 6.07 Å². The first kappa shape index (κ1) is 12.9. The molecule has 0 aliphatic carbocycles. The third kappa shape index (κ3) is 3.46. The minimum atomic E-state index is -3.33. The summed E-state index contributed by atoms with van der Waals surface area (Å²) in [6.07, 6.45) is 0. The van der Waals surface area contributed by atoms with Crippen molar-refractivity contribution in [2.75, 3.05) is 19.4 Å². The summed E-state index contributed by atoms with van der Waals surface area (Å²) in [5, 5.41) is 0. The standard InChI is InChI=1S/C10H14FNO3S/c1-15-9-3-2-8(10(11)6-9)7-16(13,14)5-4-12/h2-3,6H,4-5,7,12H2,1H3. The number of methoxy groups -OCH3 is 1. The molecular weight excluding hydrogens is 233 g/mol. The molecule has 16 heavy (non-hydrogen) atoms. The van der Waals surface area contributed by atoms with E-state index in [2.05, 4.69) is 0 Å². The molecule has 1 aromatic rings. The second-order valence-corrected chi connectivity index (χ2v) is 5.52. The number of benzene rings is 1. The summed E-state index contributed by atoms with van der Waals surface area (Å²) in [6, 6.07) is 4.09. The van der Waals surface area contributed by atoms with E-state index >= 15 is 0 Å². The molecule has 0 atom stereocenters. The van der Waals surface area contributed by atoms with E-state index in [1.54, 1.807) is 0 Å². The van der Waals surface area contributed by atoms with Crippen molar-refractivity contribution in [2.45, 2.75) is 5.75 Å². The Hall–Kier alpha value is -1.14. The lowest BCUT2D eigenvalue weighted by molar-refractivity contribution is 0.411. The first-order chi connectivity index (χ1) is 7.48. The van der Waals surface area contributed by atoms with Crippen LogP contribution in [0.25, 0.3) is 0 Å². The number of ether oxygens (including phenoxy) is 1. The minimum Gasteiger partial charge on any atom is -0.497 e. The van der Waals surface area contributed by atoms with Crippen LogP contribution in [0.4, 0.5) is 4.39 Å². The van der Waals surface area contributed by atoms with E-state index in [1.165, 1.54) is 19.2 Å². The second kappa shape index (κ2) is 5.27. The second-order valence-electron chi connectivity index (χ2n) is 3.34. The van der Waals surface area contributed by atoms with Crippen LogP contribution in [0.2, 0.25) is 0 Å². The van der Waals surface area contributed by atoms with Crippen molar-refractivity contribution < 1.29 is 17.5 Å². The highest BCUT2D eigenvalue weighted by molar-refractivity contribution is 7.90. The van der Waals surface area contributed by atoms with Gasteiger partial charge in [-0.25, -0.2) is 12.8 Å². The monoisotopic (exact) mass is 247 g/mol. The third-order valence-corrected chi connectivity index (χ3v) is 3.67. The fourth-order valence-corrected chi connectivity index (χ4v) is 2.47. The van der Waals surface area contributed by atoms with Crippen molar-refractivity contribution >= 4 is 9.84 Å². The van der Waals surface area contributed by atoms with Crippen LogP contribution in [-0.4, -0.2) is 27.8 Å². The van der Waals surface area contributed by atoms with E-state index < -0.39 is 15.7 Å². The molecule has 1 aromatic carbocycles. The number of halogens is 1. The fourth-order valence-electron chi connectivity index (χ4n) is 1.26. The maximum Gasteiger partial charge on any atom is 0.155 e. The Kier molecular flexibility index (Phi) is 4.26. The van der Waals surface area contributed by atoms with Gasteiger partial charge in [-0.05, 0) is 6.07 Å². The Labute approximate surface area is 94.1 Å². The molecule has 90 valence electrons. The molecule has 0 saturated heterocycles. The van der Waals surface area contributed by atoms with Crippen molar-refractivity contribution in [3.8, 4) is 5.75 Å². The van der Waals surface area contributed by atoms with Crippen molar-refractivity contribution in [1.82, 2.24) is 0 Å². The highest BCUT2D eigenvalue weighted by Crippen LogP contribution is 2.18. The number of nitrogens with two attached hydrogens (primary N) is 1. The summed E-state index contributed by atoms with van der Waals surface area (Å²) >= 11 is 0. The lowest BCUT2D eigenvalue weighted by Crippen LogP contribution is -2.17. The molecule has 0 amide bonds. The molecule has 0 fully saturated rings. The predicted octanol–water partition coefficient (Wildman–Crippen LogP) is 0.708. The van der Waals surface area contributed by atoms with E-state index in [1.807, 2.05) is 0 Å². The molecular formula is C10H14FNO3S. The SMILES string of the molecule is COc1ccc(CS(=O)(=O)CCN)c(F)c1.